The van der Waals surface area contributed by atoms with E-state index in [1.165, 1.54) is 0 Å². The van der Waals surface area contributed by atoms with E-state index in [1.54, 1.807) is 23.1 Å². The van der Waals surface area contributed by atoms with Crippen molar-refractivity contribution in [2.45, 2.75) is 36.5 Å². The van der Waals surface area contributed by atoms with Crippen LogP contribution in [-0.2, 0) is 16.8 Å². The van der Waals surface area contributed by atoms with Crippen LogP contribution in [0.25, 0.3) is 0 Å². The molecule has 36 heavy (non-hydrogen) atoms. The summed E-state index contributed by atoms with van der Waals surface area (Å²) in [6.07, 6.45) is 2.68. The second kappa shape index (κ2) is 7.45. The fourth-order valence-electron chi connectivity index (χ4n) is 5.84. The monoisotopic (exact) mass is 475 g/mol. The van der Waals surface area contributed by atoms with E-state index < -0.39 is 17.6 Å². The minimum Gasteiger partial charge on any atom is -0.507 e. The maximum absolute atomic E-state index is 14.4. The van der Waals surface area contributed by atoms with Crippen molar-refractivity contribution >= 4 is 11.6 Å². The molecular weight excluding hydrogens is 450 g/mol. The third kappa shape index (κ3) is 2.96. The van der Waals surface area contributed by atoms with Crippen molar-refractivity contribution in [3.05, 3.63) is 125 Å². The summed E-state index contributed by atoms with van der Waals surface area (Å²) in [5.74, 6) is 0.00557. The number of rotatable bonds is 4. The highest BCUT2D eigenvalue weighted by Crippen LogP contribution is 2.55. The molecule has 7 rings (SSSR count). The Morgan fingerprint density at radius 1 is 0.806 bits per heavy atom. The van der Waals surface area contributed by atoms with Crippen molar-refractivity contribution in [3.8, 4) is 11.5 Å². The average molecular weight is 476 g/mol. The van der Waals surface area contributed by atoms with Crippen molar-refractivity contribution in [1.82, 2.24) is 0 Å². The summed E-state index contributed by atoms with van der Waals surface area (Å²) in [7, 11) is 0. The molecule has 1 saturated carbocycles. The zero-order valence-corrected chi connectivity index (χ0v) is 19.6. The molecule has 5 nitrogen and oxygen atoms in total. The lowest BCUT2D eigenvalue weighted by Crippen LogP contribution is -2.43. The first-order valence-electron chi connectivity index (χ1n) is 12.3. The molecule has 0 saturated heterocycles. The number of aliphatic hydroxyl groups is 1. The number of ether oxygens (including phenoxy) is 1. The van der Waals surface area contributed by atoms with Gasteiger partial charge in [0.05, 0.1) is 11.7 Å². The molecule has 4 aromatic carbocycles. The molecule has 0 radical (unpaired) electrons. The van der Waals surface area contributed by atoms with Gasteiger partial charge in [-0.25, -0.2) is 0 Å². The van der Waals surface area contributed by atoms with Gasteiger partial charge in [0.25, 0.3) is 5.91 Å². The average Bonchev–Trinajstić information content (AvgIpc) is 3.51. The molecule has 1 unspecified atom stereocenters. The molecule has 4 aromatic rings. The SMILES string of the molecule is O=C1N(C(c2ccccc2)c2ccccc2)c2ccccc2C1(O)c1cc2c(cc1O)OC1(CC1)C2. The van der Waals surface area contributed by atoms with Crippen LogP contribution in [0.5, 0.6) is 11.5 Å². The third-order valence-electron chi connectivity index (χ3n) is 7.79. The van der Waals surface area contributed by atoms with Crippen molar-refractivity contribution in [3.63, 3.8) is 0 Å². The van der Waals surface area contributed by atoms with Crippen molar-refractivity contribution in [1.29, 1.82) is 0 Å². The fourth-order valence-corrected chi connectivity index (χ4v) is 5.84. The predicted molar refractivity (Wildman–Crippen MR) is 136 cm³/mol. The smallest absolute Gasteiger partial charge is 0.269 e. The van der Waals surface area contributed by atoms with Gasteiger partial charge < -0.3 is 14.9 Å². The Hall–Kier alpha value is -4.09. The summed E-state index contributed by atoms with van der Waals surface area (Å²) in [6.45, 7) is 0. The first kappa shape index (κ1) is 21.2. The number of para-hydroxylation sites is 1. The van der Waals surface area contributed by atoms with E-state index in [2.05, 4.69) is 0 Å². The number of aromatic hydroxyl groups is 1. The van der Waals surface area contributed by atoms with E-state index in [9.17, 15) is 15.0 Å². The minimum absolute atomic E-state index is 0.144. The molecule has 2 aliphatic heterocycles. The van der Waals surface area contributed by atoms with Crippen LogP contribution in [-0.4, -0.2) is 21.7 Å². The first-order chi connectivity index (χ1) is 17.5. The molecule has 178 valence electrons. The van der Waals surface area contributed by atoms with Gasteiger partial charge in [0.1, 0.15) is 17.1 Å². The lowest BCUT2D eigenvalue weighted by molar-refractivity contribution is -0.132. The maximum atomic E-state index is 14.4. The second-order valence-corrected chi connectivity index (χ2v) is 10.1. The molecule has 1 spiro atoms. The maximum Gasteiger partial charge on any atom is 0.269 e. The molecule has 0 bridgehead atoms. The quantitative estimate of drug-likeness (QED) is 0.424. The largest absolute Gasteiger partial charge is 0.507 e. The Morgan fingerprint density at radius 2 is 1.42 bits per heavy atom. The Bertz CT molecular complexity index is 1460. The summed E-state index contributed by atoms with van der Waals surface area (Å²) in [5.41, 5.74) is 1.85. The Kier molecular flexibility index (Phi) is 4.39. The molecule has 1 atom stereocenters. The molecular formula is C31H25NO4. The molecule has 1 aliphatic carbocycles. The van der Waals surface area contributed by atoms with Crippen LogP contribution in [0.2, 0.25) is 0 Å². The lowest BCUT2D eigenvalue weighted by Gasteiger charge is -2.31. The molecule has 2 heterocycles. The summed E-state index contributed by atoms with van der Waals surface area (Å²) < 4.78 is 6.07. The zero-order chi connectivity index (χ0) is 24.5. The van der Waals surface area contributed by atoms with Crippen LogP contribution in [0.4, 0.5) is 5.69 Å². The number of carbonyl (C=O) groups is 1. The summed E-state index contributed by atoms with van der Waals surface area (Å²) in [6, 6.07) is 29.8. The number of fused-ring (bicyclic) bond motifs is 2. The van der Waals surface area contributed by atoms with E-state index in [1.807, 2.05) is 78.9 Å². The number of hydrogen-bond donors (Lipinski definition) is 2. The van der Waals surface area contributed by atoms with Gasteiger partial charge in [-0.15, -0.1) is 0 Å². The van der Waals surface area contributed by atoms with Crippen LogP contribution in [0.15, 0.2) is 97.1 Å². The molecule has 3 aliphatic rings. The number of benzene rings is 4. The Labute approximate surface area is 209 Å². The second-order valence-electron chi connectivity index (χ2n) is 10.1. The predicted octanol–water partition coefficient (Wildman–Crippen LogP) is 5.23. The Morgan fingerprint density at radius 3 is 2.06 bits per heavy atom. The zero-order valence-electron chi connectivity index (χ0n) is 19.6. The number of anilines is 1. The topological polar surface area (TPSA) is 70.0 Å². The molecule has 0 aromatic heterocycles. The summed E-state index contributed by atoms with van der Waals surface area (Å²) >= 11 is 0. The van der Waals surface area contributed by atoms with Gasteiger partial charge in [-0.2, -0.15) is 0 Å². The normalized spacial score (nSPS) is 20.9. The van der Waals surface area contributed by atoms with Gasteiger partial charge in [-0.05, 0) is 41.7 Å². The molecule has 5 heteroatoms. The number of phenols is 1. The molecule has 1 fully saturated rings. The number of phenolic OH excluding ortho intramolecular Hbond substituents is 1. The highest BCUT2D eigenvalue weighted by molar-refractivity contribution is 6.10. The van der Waals surface area contributed by atoms with Crippen LogP contribution in [0.3, 0.4) is 0 Å². The van der Waals surface area contributed by atoms with E-state index in [-0.39, 0.29) is 16.9 Å². The number of hydrogen-bond acceptors (Lipinski definition) is 4. The van der Waals surface area contributed by atoms with Gasteiger partial charge in [0, 0.05) is 23.6 Å². The highest BCUT2D eigenvalue weighted by Gasteiger charge is 2.56. The number of carbonyl (C=O) groups excluding carboxylic acids is 1. The van der Waals surface area contributed by atoms with Gasteiger partial charge in [-0.3, -0.25) is 9.69 Å². The standard InChI is InChI=1S/C31H25NO4/c33-26-18-27-22(19-30(36-27)15-16-30)17-24(26)31(35)23-13-7-8-14-25(23)32(29(31)34)28(20-9-3-1-4-10-20)21-11-5-2-6-12-21/h1-14,17-18,28,33,35H,15-16,19H2. The van der Waals surface area contributed by atoms with E-state index >= 15 is 0 Å². The van der Waals surface area contributed by atoms with Crippen LogP contribution < -0.4 is 9.64 Å². The van der Waals surface area contributed by atoms with Crippen LogP contribution in [0, 0.1) is 0 Å². The van der Waals surface area contributed by atoms with E-state index in [4.69, 9.17) is 4.74 Å². The minimum atomic E-state index is -2.03. The highest BCUT2D eigenvalue weighted by atomic mass is 16.5. The van der Waals surface area contributed by atoms with Gasteiger partial charge in [-0.1, -0.05) is 78.9 Å². The fraction of sp³-hybridized carbons (Fsp3) is 0.194. The third-order valence-corrected chi connectivity index (χ3v) is 7.79. The first-order valence-corrected chi connectivity index (χ1v) is 12.3. The van der Waals surface area contributed by atoms with Crippen LogP contribution >= 0.6 is 0 Å². The van der Waals surface area contributed by atoms with Gasteiger partial charge >= 0.3 is 0 Å². The lowest BCUT2D eigenvalue weighted by atomic mass is 9.85. The van der Waals surface area contributed by atoms with Crippen molar-refractivity contribution in [2.75, 3.05) is 4.90 Å². The summed E-state index contributed by atoms with van der Waals surface area (Å²) in [4.78, 5) is 16.1. The summed E-state index contributed by atoms with van der Waals surface area (Å²) in [5, 5.41) is 23.3. The van der Waals surface area contributed by atoms with Crippen molar-refractivity contribution < 1.29 is 19.7 Å². The van der Waals surface area contributed by atoms with Gasteiger partial charge in [0.15, 0.2) is 5.60 Å². The van der Waals surface area contributed by atoms with Gasteiger partial charge in [0.2, 0.25) is 0 Å². The Balaban J connectivity index is 1.41. The number of amides is 1. The van der Waals surface area contributed by atoms with Crippen molar-refractivity contribution in [2.24, 2.45) is 0 Å². The van der Waals surface area contributed by atoms with E-state index in [0.717, 1.165) is 36.0 Å². The van der Waals surface area contributed by atoms with E-state index in [0.29, 0.717) is 17.0 Å². The molecule has 1 amide bonds. The molecule has 2 N–H and O–H groups in total. The number of nitrogens with zero attached hydrogens (tertiary/aromatic N) is 1. The van der Waals surface area contributed by atoms with Crippen LogP contribution in [0.1, 0.15) is 46.7 Å².